The fourth-order valence-electron chi connectivity index (χ4n) is 2.77. The molecule has 0 N–H and O–H groups in total. The highest BCUT2D eigenvalue weighted by molar-refractivity contribution is 6.11. The number of rotatable bonds is 3. The monoisotopic (exact) mass is 324 g/mol. The Morgan fingerprint density at radius 3 is 1.88 bits per heavy atom. The molecule has 0 radical (unpaired) electrons. The number of fused-ring (bicyclic) bond motifs is 2. The summed E-state index contributed by atoms with van der Waals surface area (Å²) in [5.74, 6) is 0.320. The first-order valence-electron chi connectivity index (χ1n) is 7.40. The van der Waals surface area contributed by atoms with Crippen molar-refractivity contribution < 1.29 is 23.8 Å². The Hall–Kier alpha value is -3.08. The predicted molar refractivity (Wildman–Crippen MR) is 90.6 cm³/mol. The highest BCUT2D eigenvalue weighted by Gasteiger charge is 2.18. The van der Waals surface area contributed by atoms with E-state index in [9.17, 15) is 9.59 Å². The van der Waals surface area contributed by atoms with E-state index in [1.807, 2.05) is 24.3 Å². The van der Waals surface area contributed by atoms with Crippen LogP contribution in [0.4, 0.5) is 0 Å². The van der Waals surface area contributed by atoms with Crippen molar-refractivity contribution in [2.45, 2.75) is 13.8 Å². The molecule has 0 atom stereocenters. The third kappa shape index (κ3) is 2.76. The van der Waals surface area contributed by atoms with Gasteiger partial charge in [-0.05, 0) is 29.0 Å². The standard InChI is InChI=1S/C19H16O5/c1-11(20)23-16-9-5-7-14-10-13-6-4-8-15(22-3)17(13)19(18(14)16)24-12(2)21/h4-10H,1-3H3. The normalized spacial score (nSPS) is 10.6. The first-order chi connectivity index (χ1) is 11.5. The molecule has 0 fully saturated rings. The van der Waals surface area contributed by atoms with Gasteiger partial charge in [0.2, 0.25) is 0 Å². The first-order valence-corrected chi connectivity index (χ1v) is 7.40. The third-order valence-corrected chi connectivity index (χ3v) is 3.60. The number of carbonyl (C=O) groups is 2. The van der Waals surface area contributed by atoms with E-state index in [-0.39, 0.29) is 0 Å². The van der Waals surface area contributed by atoms with Crippen LogP contribution in [0, 0.1) is 0 Å². The van der Waals surface area contributed by atoms with Gasteiger partial charge >= 0.3 is 11.9 Å². The molecule has 3 aromatic rings. The first kappa shape index (κ1) is 15.8. The summed E-state index contributed by atoms with van der Waals surface area (Å²) in [7, 11) is 1.55. The van der Waals surface area contributed by atoms with Gasteiger partial charge in [0.05, 0.1) is 17.9 Å². The third-order valence-electron chi connectivity index (χ3n) is 3.60. The Bertz CT molecular complexity index is 959. The van der Waals surface area contributed by atoms with Crippen molar-refractivity contribution in [3.05, 3.63) is 42.5 Å². The van der Waals surface area contributed by atoms with Crippen LogP contribution in [0.25, 0.3) is 21.5 Å². The maximum absolute atomic E-state index is 11.7. The Labute approximate surface area is 138 Å². The second kappa shape index (κ2) is 6.20. The second-order valence-electron chi connectivity index (χ2n) is 5.31. The van der Waals surface area contributed by atoms with Gasteiger partial charge in [-0.3, -0.25) is 9.59 Å². The molecule has 0 aromatic heterocycles. The predicted octanol–water partition coefficient (Wildman–Crippen LogP) is 3.85. The molecular weight excluding hydrogens is 308 g/mol. The molecule has 0 bridgehead atoms. The average molecular weight is 324 g/mol. The molecule has 0 aliphatic carbocycles. The van der Waals surface area contributed by atoms with E-state index in [2.05, 4.69) is 0 Å². The number of hydrogen-bond donors (Lipinski definition) is 0. The van der Waals surface area contributed by atoms with E-state index < -0.39 is 11.9 Å². The molecule has 122 valence electrons. The lowest BCUT2D eigenvalue weighted by molar-refractivity contribution is -0.132. The molecule has 5 heteroatoms. The molecule has 0 saturated carbocycles. The topological polar surface area (TPSA) is 61.8 Å². The van der Waals surface area contributed by atoms with E-state index in [1.165, 1.54) is 13.8 Å². The molecule has 0 unspecified atom stereocenters. The van der Waals surface area contributed by atoms with Crippen LogP contribution in [-0.2, 0) is 9.59 Å². The second-order valence-corrected chi connectivity index (χ2v) is 5.31. The SMILES string of the molecule is COc1cccc2cc3cccc(OC(C)=O)c3c(OC(C)=O)c12. The minimum Gasteiger partial charge on any atom is -0.496 e. The summed E-state index contributed by atoms with van der Waals surface area (Å²) in [5, 5.41) is 2.87. The van der Waals surface area contributed by atoms with Crippen molar-refractivity contribution in [1.82, 2.24) is 0 Å². The van der Waals surface area contributed by atoms with Crippen LogP contribution < -0.4 is 14.2 Å². The largest absolute Gasteiger partial charge is 0.496 e. The Balaban J connectivity index is 2.48. The van der Waals surface area contributed by atoms with Crippen molar-refractivity contribution in [3.8, 4) is 17.2 Å². The van der Waals surface area contributed by atoms with Crippen molar-refractivity contribution >= 4 is 33.5 Å². The van der Waals surface area contributed by atoms with Crippen LogP contribution in [-0.4, -0.2) is 19.0 Å². The summed E-state index contributed by atoms with van der Waals surface area (Å²) in [4.78, 5) is 23.1. The van der Waals surface area contributed by atoms with Crippen molar-refractivity contribution in [2.24, 2.45) is 0 Å². The quantitative estimate of drug-likeness (QED) is 0.416. The molecular formula is C19H16O5. The highest BCUT2D eigenvalue weighted by atomic mass is 16.5. The minimum absolute atomic E-state index is 0.323. The van der Waals surface area contributed by atoms with Crippen LogP contribution in [0.1, 0.15) is 13.8 Å². The molecule has 0 amide bonds. The lowest BCUT2D eigenvalue weighted by atomic mass is 10.0. The molecule has 3 aromatic carbocycles. The minimum atomic E-state index is -0.465. The molecule has 0 heterocycles. The Morgan fingerprint density at radius 1 is 0.792 bits per heavy atom. The Morgan fingerprint density at radius 2 is 1.33 bits per heavy atom. The summed E-state index contributed by atoms with van der Waals surface area (Å²) in [5.41, 5.74) is 0. The number of methoxy groups -OCH3 is 1. The van der Waals surface area contributed by atoms with Gasteiger partial charge in [-0.2, -0.15) is 0 Å². The molecule has 0 spiro atoms. The van der Waals surface area contributed by atoms with Crippen LogP contribution in [0.15, 0.2) is 42.5 Å². The number of carbonyl (C=O) groups excluding carboxylic acids is 2. The summed E-state index contributed by atoms with van der Waals surface area (Å²) >= 11 is 0. The molecule has 0 aliphatic heterocycles. The van der Waals surface area contributed by atoms with E-state index in [4.69, 9.17) is 14.2 Å². The zero-order valence-electron chi connectivity index (χ0n) is 13.6. The summed E-state index contributed by atoms with van der Waals surface area (Å²) in [6, 6.07) is 12.8. The van der Waals surface area contributed by atoms with Gasteiger partial charge in [-0.1, -0.05) is 24.3 Å². The Kier molecular flexibility index (Phi) is 4.08. The zero-order chi connectivity index (χ0) is 17.3. The zero-order valence-corrected chi connectivity index (χ0v) is 13.6. The van der Waals surface area contributed by atoms with E-state index in [0.717, 1.165) is 10.8 Å². The molecule has 3 rings (SSSR count). The lowest BCUT2D eigenvalue weighted by Crippen LogP contribution is -2.06. The van der Waals surface area contributed by atoms with E-state index in [0.29, 0.717) is 28.0 Å². The van der Waals surface area contributed by atoms with Crippen LogP contribution >= 0.6 is 0 Å². The molecule has 0 saturated heterocycles. The summed E-state index contributed by atoms with van der Waals surface area (Å²) < 4.78 is 16.2. The molecule has 24 heavy (non-hydrogen) atoms. The van der Waals surface area contributed by atoms with Crippen LogP contribution in [0.3, 0.4) is 0 Å². The fourth-order valence-corrected chi connectivity index (χ4v) is 2.77. The van der Waals surface area contributed by atoms with Gasteiger partial charge in [-0.15, -0.1) is 0 Å². The van der Waals surface area contributed by atoms with Gasteiger partial charge in [0, 0.05) is 13.8 Å². The lowest BCUT2D eigenvalue weighted by Gasteiger charge is -2.15. The number of hydrogen-bond acceptors (Lipinski definition) is 5. The van der Waals surface area contributed by atoms with Crippen molar-refractivity contribution in [1.29, 1.82) is 0 Å². The number of ether oxygens (including phenoxy) is 3. The van der Waals surface area contributed by atoms with Crippen molar-refractivity contribution in [3.63, 3.8) is 0 Å². The molecule has 5 nitrogen and oxygen atoms in total. The van der Waals surface area contributed by atoms with Crippen LogP contribution in [0.5, 0.6) is 17.2 Å². The van der Waals surface area contributed by atoms with E-state index >= 15 is 0 Å². The van der Waals surface area contributed by atoms with Crippen LogP contribution in [0.2, 0.25) is 0 Å². The maximum atomic E-state index is 11.7. The number of benzene rings is 3. The maximum Gasteiger partial charge on any atom is 0.308 e. The molecule has 0 aliphatic rings. The summed E-state index contributed by atoms with van der Waals surface area (Å²) in [6.45, 7) is 2.65. The number of esters is 2. The van der Waals surface area contributed by atoms with Gasteiger partial charge in [0.15, 0.2) is 5.75 Å². The smallest absolute Gasteiger partial charge is 0.308 e. The van der Waals surface area contributed by atoms with Gasteiger partial charge in [-0.25, -0.2) is 0 Å². The summed E-state index contributed by atoms with van der Waals surface area (Å²) in [6.07, 6.45) is 0. The highest BCUT2D eigenvalue weighted by Crippen LogP contribution is 2.43. The van der Waals surface area contributed by atoms with Crippen molar-refractivity contribution in [2.75, 3.05) is 7.11 Å². The van der Waals surface area contributed by atoms with Gasteiger partial charge < -0.3 is 14.2 Å². The van der Waals surface area contributed by atoms with E-state index in [1.54, 1.807) is 25.3 Å². The van der Waals surface area contributed by atoms with Gasteiger partial charge in [0.25, 0.3) is 0 Å². The fraction of sp³-hybridized carbons (Fsp3) is 0.158. The van der Waals surface area contributed by atoms with Gasteiger partial charge in [0.1, 0.15) is 11.5 Å². The average Bonchev–Trinajstić information content (AvgIpc) is 2.53.